The Morgan fingerprint density at radius 2 is 2.00 bits per heavy atom. The Morgan fingerprint density at radius 1 is 1.25 bits per heavy atom. The minimum absolute atomic E-state index is 0.0922. The molecule has 0 fully saturated rings. The van der Waals surface area contributed by atoms with Gasteiger partial charge in [-0.05, 0) is 23.9 Å². The number of aliphatic hydroxyl groups excluding tert-OH is 1. The summed E-state index contributed by atoms with van der Waals surface area (Å²) in [5.74, 6) is -0.264. The Kier molecular flexibility index (Phi) is 6.96. The van der Waals surface area contributed by atoms with Crippen molar-refractivity contribution in [1.82, 2.24) is 10.2 Å². The van der Waals surface area contributed by atoms with E-state index in [1.54, 1.807) is 23.3 Å². The number of nitrogens with zero attached hydrogens (tertiary/aromatic N) is 1. The highest BCUT2D eigenvalue weighted by Crippen LogP contribution is 2.08. The smallest absolute Gasteiger partial charge is 0.252 e. The number of hydrogen-bond acceptors (Lipinski definition) is 4. The molecule has 1 aromatic carbocycles. The maximum atomic E-state index is 12.4. The van der Waals surface area contributed by atoms with Gasteiger partial charge in [0.05, 0.1) is 6.10 Å². The number of aliphatic hydroxyl groups is 1. The molecule has 24 heavy (non-hydrogen) atoms. The Morgan fingerprint density at radius 3 is 2.62 bits per heavy atom. The molecule has 128 valence electrons. The molecule has 2 aromatic rings. The van der Waals surface area contributed by atoms with Crippen LogP contribution in [0.2, 0.25) is 0 Å². The normalized spacial score (nSPS) is 11.8. The molecular weight excluding hydrogens is 324 g/mol. The minimum atomic E-state index is -0.599. The molecule has 1 atom stereocenters. The van der Waals surface area contributed by atoms with Gasteiger partial charge >= 0.3 is 0 Å². The predicted molar refractivity (Wildman–Crippen MR) is 94.8 cm³/mol. The van der Waals surface area contributed by atoms with E-state index in [9.17, 15) is 14.7 Å². The van der Waals surface area contributed by atoms with Gasteiger partial charge in [0.15, 0.2) is 0 Å². The summed E-state index contributed by atoms with van der Waals surface area (Å²) in [4.78, 5) is 25.9. The summed E-state index contributed by atoms with van der Waals surface area (Å²) in [6.07, 6.45) is -0.395. The average molecular weight is 346 g/mol. The van der Waals surface area contributed by atoms with Gasteiger partial charge in [-0.2, -0.15) is 11.3 Å². The fourth-order valence-corrected chi connectivity index (χ4v) is 2.95. The van der Waals surface area contributed by atoms with Crippen LogP contribution in [0.4, 0.5) is 0 Å². The first-order chi connectivity index (χ1) is 11.6. The molecule has 0 bridgehead atoms. The predicted octanol–water partition coefficient (Wildman–Crippen LogP) is 2.28. The lowest BCUT2D eigenvalue weighted by molar-refractivity contribution is -0.133. The molecule has 0 saturated heterocycles. The first-order valence-corrected chi connectivity index (χ1v) is 8.80. The van der Waals surface area contributed by atoms with Crippen LogP contribution >= 0.6 is 11.3 Å². The van der Waals surface area contributed by atoms with E-state index in [0.29, 0.717) is 12.1 Å². The Bertz CT molecular complexity index is 642. The zero-order valence-corrected chi connectivity index (χ0v) is 14.5. The van der Waals surface area contributed by atoms with Crippen molar-refractivity contribution in [2.45, 2.75) is 26.0 Å². The van der Waals surface area contributed by atoms with Crippen LogP contribution in [0.15, 0.2) is 47.2 Å². The molecule has 6 heteroatoms. The lowest BCUT2D eigenvalue weighted by Crippen LogP contribution is -2.38. The van der Waals surface area contributed by atoms with Gasteiger partial charge < -0.3 is 15.3 Å². The van der Waals surface area contributed by atoms with Gasteiger partial charge in [0.2, 0.25) is 5.91 Å². The number of nitrogens with one attached hydrogen (secondary N) is 1. The van der Waals surface area contributed by atoms with Crippen LogP contribution < -0.4 is 5.32 Å². The van der Waals surface area contributed by atoms with Gasteiger partial charge in [0.1, 0.15) is 0 Å². The second-order valence-electron chi connectivity index (χ2n) is 5.63. The molecule has 1 heterocycles. The van der Waals surface area contributed by atoms with E-state index in [1.807, 2.05) is 35.7 Å². The van der Waals surface area contributed by atoms with Crippen molar-refractivity contribution in [3.63, 3.8) is 0 Å². The molecule has 0 aliphatic carbocycles. The molecule has 0 aliphatic rings. The SMILES string of the molecule is C[C@@H](O)CN(Cc1ccccc1)C(=O)CCNC(=O)c1ccsc1. The second kappa shape index (κ2) is 9.20. The van der Waals surface area contributed by atoms with E-state index in [-0.39, 0.29) is 31.3 Å². The van der Waals surface area contributed by atoms with Crippen LogP contribution in [0, 0.1) is 0 Å². The third-order valence-corrected chi connectivity index (χ3v) is 4.14. The van der Waals surface area contributed by atoms with Crippen LogP contribution in [0.3, 0.4) is 0 Å². The van der Waals surface area contributed by atoms with Crippen molar-refractivity contribution in [3.05, 3.63) is 58.3 Å². The van der Waals surface area contributed by atoms with E-state index in [0.717, 1.165) is 5.56 Å². The number of carbonyl (C=O) groups is 2. The first-order valence-electron chi connectivity index (χ1n) is 7.86. The van der Waals surface area contributed by atoms with Crippen molar-refractivity contribution in [3.8, 4) is 0 Å². The van der Waals surface area contributed by atoms with Crippen molar-refractivity contribution in [2.24, 2.45) is 0 Å². The molecule has 1 aromatic heterocycles. The highest BCUT2D eigenvalue weighted by molar-refractivity contribution is 7.08. The average Bonchev–Trinajstić information content (AvgIpc) is 3.09. The molecule has 2 N–H and O–H groups in total. The van der Waals surface area contributed by atoms with E-state index < -0.39 is 6.10 Å². The van der Waals surface area contributed by atoms with Gasteiger partial charge in [0.25, 0.3) is 5.91 Å². The highest BCUT2D eigenvalue weighted by Gasteiger charge is 2.16. The molecule has 0 spiro atoms. The van der Waals surface area contributed by atoms with E-state index >= 15 is 0 Å². The lowest BCUT2D eigenvalue weighted by Gasteiger charge is -2.24. The van der Waals surface area contributed by atoms with Crippen LogP contribution in [-0.2, 0) is 11.3 Å². The molecule has 0 unspecified atom stereocenters. The van der Waals surface area contributed by atoms with Gasteiger partial charge in [-0.1, -0.05) is 30.3 Å². The zero-order valence-electron chi connectivity index (χ0n) is 13.6. The van der Waals surface area contributed by atoms with Crippen LogP contribution in [-0.4, -0.2) is 41.0 Å². The number of thiophene rings is 1. The van der Waals surface area contributed by atoms with Gasteiger partial charge in [-0.25, -0.2) is 0 Å². The van der Waals surface area contributed by atoms with Crippen LogP contribution in [0.25, 0.3) is 0 Å². The Labute approximate surface area is 145 Å². The summed E-state index contributed by atoms with van der Waals surface area (Å²) in [6.45, 7) is 2.65. The Hall–Kier alpha value is -2.18. The number of rotatable bonds is 8. The van der Waals surface area contributed by atoms with E-state index in [2.05, 4.69) is 5.32 Å². The summed E-state index contributed by atoms with van der Waals surface area (Å²) < 4.78 is 0. The van der Waals surface area contributed by atoms with Crippen LogP contribution in [0.5, 0.6) is 0 Å². The molecule has 0 radical (unpaired) electrons. The zero-order chi connectivity index (χ0) is 17.4. The third kappa shape index (κ3) is 5.79. The molecule has 2 amide bonds. The summed E-state index contributed by atoms with van der Waals surface area (Å²) in [5.41, 5.74) is 1.62. The van der Waals surface area contributed by atoms with Crippen LogP contribution in [0.1, 0.15) is 29.3 Å². The fraction of sp³-hybridized carbons (Fsp3) is 0.333. The summed E-state index contributed by atoms with van der Waals surface area (Å²) in [7, 11) is 0. The molecular formula is C18H22N2O3S. The highest BCUT2D eigenvalue weighted by atomic mass is 32.1. The fourth-order valence-electron chi connectivity index (χ4n) is 2.31. The topological polar surface area (TPSA) is 69.6 Å². The summed E-state index contributed by atoms with van der Waals surface area (Å²) >= 11 is 1.46. The number of hydrogen-bond donors (Lipinski definition) is 2. The quantitative estimate of drug-likeness (QED) is 0.770. The van der Waals surface area contributed by atoms with Gasteiger partial charge in [-0.3, -0.25) is 9.59 Å². The lowest BCUT2D eigenvalue weighted by atomic mass is 10.2. The Balaban J connectivity index is 1.86. The standard InChI is InChI=1S/C18H22N2O3S/c1-14(21)11-20(12-15-5-3-2-4-6-15)17(22)7-9-19-18(23)16-8-10-24-13-16/h2-6,8,10,13-14,21H,7,9,11-12H2,1H3,(H,19,23)/t14-/m1/s1. The van der Waals surface area contributed by atoms with Crippen molar-refractivity contribution < 1.29 is 14.7 Å². The first kappa shape index (κ1) is 18.2. The maximum Gasteiger partial charge on any atom is 0.252 e. The largest absolute Gasteiger partial charge is 0.392 e. The van der Waals surface area contributed by atoms with Crippen molar-refractivity contribution in [2.75, 3.05) is 13.1 Å². The molecule has 0 saturated carbocycles. The van der Waals surface area contributed by atoms with E-state index in [1.165, 1.54) is 11.3 Å². The minimum Gasteiger partial charge on any atom is -0.392 e. The van der Waals surface area contributed by atoms with Crippen molar-refractivity contribution >= 4 is 23.2 Å². The maximum absolute atomic E-state index is 12.4. The molecule has 2 rings (SSSR count). The van der Waals surface area contributed by atoms with Gasteiger partial charge in [0, 0.05) is 37.0 Å². The van der Waals surface area contributed by atoms with Gasteiger partial charge in [-0.15, -0.1) is 0 Å². The van der Waals surface area contributed by atoms with Crippen molar-refractivity contribution in [1.29, 1.82) is 0 Å². The second-order valence-corrected chi connectivity index (χ2v) is 6.41. The monoisotopic (exact) mass is 346 g/mol. The number of benzene rings is 1. The third-order valence-electron chi connectivity index (χ3n) is 3.46. The number of carbonyl (C=O) groups excluding carboxylic acids is 2. The summed E-state index contributed by atoms with van der Waals surface area (Å²) in [6, 6.07) is 11.4. The van der Waals surface area contributed by atoms with E-state index in [4.69, 9.17) is 0 Å². The molecule has 0 aliphatic heterocycles. The summed E-state index contributed by atoms with van der Waals surface area (Å²) in [5, 5.41) is 16.0. The number of amides is 2. The molecule has 5 nitrogen and oxygen atoms in total.